The molecule has 2 aromatic carbocycles. The number of benzene rings is 2. The topological polar surface area (TPSA) is 41.6 Å². The number of anilines is 1. The van der Waals surface area contributed by atoms with E-state index in [9.17, 15) is 18.0 Å². The van der Waals surface area contributed by atoms with Crippen LogP contribution in [0.4, 0.5) is 18.9 Å². The zero-order valence-corrected chi connectivity index (χ0v) is 14.9. The molecule has 144 valence electrons. The summed E-state index contributed by atoms with van der Waals surface area (Å²) in [6, 6.07) is 12.0. The molecule has 1 saturated heterocycles. The minimum absolute atomic E-state index is 0.0677. The Kier molecular flexibility index (Phi) is 5.70. The van der Waals surface area contributed by atoms with Crippen molar-refractivity contribution in [2.45, 2.75) is 25.1 Å². The standard InChI is InChI=1S/C20H21F3N2O2/c1-25-11-9-16(10-12-25)27-18-8-7-14(13-17(18)20(21,22)23)19(26)24-15-5-3-2-4-6-15/h2-8,13,16H,9-12H2,1H3,(H,24,26). The summed E-state index contributed by atoms with van der Waals surface area (Å²) >= 11 is 0. The maximum atomic E-state index is 13.5. The minimum Gasteiger partial charge on any atom is -0.490 e. The van der Waals surface area contributed by atoms with Crippen LogP contribution in [0.2, 0.25) is 0 Å². The van der Waals surface area contributed by atoms with Crippen molar-refractivity contribution in [1.29, 1.82) is 0 Å². The molecule has 0 aromatic heterocycles. The summed E-state index contributed by atoms with van der Waals surface area (Å²) in [5, 5.41) is 2.59. The number of ether oxygens (including phenoxy) is 1. The van der Waals surface area contributed by atoms with Crippen molar-refractivity contribution >= 4 is 11.6 Å². The van der Waals surface area contributed by atoms with Gasteiger partial charge in [-0.05, 0) is 50.2 Å². The van der Waals surface area contributed by atoms with Gasteiger partial charge in [0.05, 0.1) is 5.56 Å². The summed E-state index contributed by atoms with van der Waals surface area (Å²) in [4.78, 5) is 14.4. The molecule has 27 heavy (non-hydrogen) atoms. The number of hydrogen-bond acceptors (Lipinski definition) is 3. The second-order valence-corrected chi connectivity index (χ2v) is 6.65. The molecule has 0 radical (unpaired) electrons. The van der Waals surface area contributed by atoms with Crippen molar-refractivity contribution in [3.8, 4) is 5.75 Å². The van der Waals surface area contributed by atoms with Crippen LogP contribution in [0.25, 0.3) is 0 Å². The number of halogens is 3. The van der Waals surface area contributed by atoms with Gasteiger partial charge < -0.3 is 15.0 Å². The summed E-state index contributed by atoms with van der Waals surface area (Å²) in [6.45, 7) is 1.56. The molecule has 0 bridgehead atoms. The first-order valence-electron chi connectivity index (χ1n) is 8.76. The molecule has 4 nitrogen and oxygen atoms in total. The van der Waals surface area contributed by atoms with Crippen LogP contribution >= 0.6 is 0 Å². The smallest absolute Gasteiger partial charge is 0.419 e. The Morgan fingerprint density at radius 2 is 1.78 bits per heavy atom. The highest BCUT2D eigenvalue weighted by Crippen LogP contribution is 2.38. The van der Waals surface area contributed by atoms with E-state index in [-0.39, 0.29) is 17.4 Å². The Bertz CT molecular complexity index is 786. The van der Waals surface area contributed by atoms with Crippen molar-refractivity contribution in [2.24, 2.45) is 0 Å². The number of likely N-dealkylation sites (tertiary alicyclic amines) is 1. The van der Waals surface area contributed by atoms with Crippen molar-refractivity contribution < 1.29 is 22.7 Å². The molecule has 0 unspecified atom stereocenters. The van der Waals surface area contributed by atoms with Gasteiger partial charge in [-0.3, -0.25) is 4.79 Å². The maximum absolute atomic E-state index is 13.5. The van der Waals surface area contributed by atoms with Gasteiger partial charge in [0.2, 0.25) is 0 Å². The van der Waals surface area contributed by atoms with Crippen LogP contribution < -0.4 is 10.1 Å². The van der Waals surface area contributed by atoms with Crippen molar-refractivity contribution in [1.82, 2.24) is 4.90 Å². The van der Waals surface area contributed by atoms with Crippen molar-refractivity contribution in [2.75, 3.05) is 25.5 Å². The second-order valence-electron chi connectivity index (χ2n) is 6.65. The van der Waals surface area contributed by atoms with E-state index in [0.29, 0.717) is 18.5 Å². The predicted molar refractivity (Wildman–Crippen MR) is 97.0 cm³/mol. The summed E-state index contributed by atoms with van der Waals surface area (Å²) in [5.41, 5.74) is -0.480. The lowest BCUT2D eigenvalue weighted by Gasteiger charge is -2.30. The van der Waals surface area contributed by atoms with E-state index in [1.165, 1.54) is 12.1 Å². The Labute approximate surface area is 155 Å². The summed E-state index contributed by atoms with van der Waals surface area (Å²) in [7, 11) is 1.97. The molecule has 7 heteroatoms. The molecule has 0 aliphatic carbocycles. The number of carbonyl (C=O) groups is 1. The molecular formula is C20H21F3N2O2. The molecular weight excluding hydrogens is 357 g/mol. The van der Waals surface area contributed by atoms with Gasteiger partial charge in [-0.2, -0.15) is 13.2 Å². The predicted octanol–water partition coefficient (Wildman–Crippen LogP) is 4.43. The van der Waals surface area contributed by atoms with E-state index in [1.807, 2.05) is 7.05 Å². The zero-order valence-electron chi connectivity index (χ0n) is 14.9. The zero-order chi connectivity index (χ0) is 19.4. The third-order valence-electron chi connectivity index (χ3n) is 4.54. The Morgan fingerprint density at radius 3 is 2.41 bits per heavy atom. The average molecular weight is 378 g/mol. The SMILES string of the molecule is CN1CCC(Oc2ccc(C(=O)Nc3ccccc3)cc2C(F)(F)F)CC1. The molecule has 0 atom stereocenters. The first-order chi connectivity index (χ1) is 12.8. The van der Waals surface area contributed by atoms with Crippen LogP contribution in [-0.4, -0.2) is 37.0 Å². The van der Waals surface area contributed by atoms with E-state index in [0.717, 1.165) is 19.2 Å². The Morgan fingerprint density at radius 1 is 1.11 bits per heavy atom. The number of hydrogen-bond donors (Lipinski definition) is 1. The molecule has 1 fully saturated rings. The van der Waals surface area contributed by atoms with Gasteiger partial charge in [-0.15, -0.1) is 0 Å². The fourth-order valence-corrected chi connectivity index (χ4v) is 3.00. The Hall–Kier alpha value is -2.54. The highest BCUT2D eigenvalue weighted by Gasteiger charge is 2.36. The van der Waals surface area contributed by atoms with Gasteiger partial charge in [0, 0.05) is 24.3 Å². The second kappa shape index (κ2) is 8.00. The highest BCUT2D eigenvalue weighted by molar-refractivity contribution is 6.04. The van der Waals surface area contributed by atoms with Gasteiger partial charge in [0.25, 0.3) is 5.91 Å². The number of carbonyl (C=O) groups excluding carboxylic acids is 1. The molecule has 1 N–H and O–H groups in total. The number of nitrogens with one attached hydrogen (secondary N) is 1. The summed E-state index contributed by atoms with van der Waals surface area (Å²) in [5.74, 6) is -0.828. The fourth-order valence-electron chi connectivity index (χ4n) is 3.00. The van der Waals surface area contributed by atoms with Gasteiger partial charge >= 0.3 is 6.18 Å². The molecule has 1 aliphatic heterocycles. The highest BCUT2D eigenvalue weighted by atomic mass is 19.4. The summed E-state index contributed by atoms with van der Waals surface area (Å²) < 4.78 is 46.2. The minimum atomic E-state index is -4.61. The van der Waals surface area contributed by atoms with Crippen LogP contribution in [-0.2, 0) is 6.18 Å². The number of para-hydroxylation sites is 1. The summed E-state index contributed by atoms with van der Waals surface area (Å²) in [6.07, 6.45) is -3.52. The average Bonchev–Trinajstić information content (AvgIpc) is 2.64. The maximum Gasteiger partial charge on any atom is 0.419 e. The first-order valence-corrected chi connectivity index (χ1v) is 8.76. The van der Waals surface area contributed by atoms with E-state index in [1.54, 1.807) is 30.3 Å². The van der Waals surface area contributed by atoms with Crippen LogP contribution in [0.3, 0.4) is 0 Å². The van der Waals surface area contributed by atoms with E-state index < -0.39 is 17.6 Å². The number of alkyl halides is 3. The quantitative estimate of drug-likeness (QED) is 0.856. The number of rotatable bonds is 4. The largest absolute Gasteiger partial charge is 0.490 e. The molecule has 1 amide bonds. The third-order valence-corrected chi connectivity index (χ3v) is 4.54. The monoisotopic (exact) mass is 378 g/mol. The lowest BCUT2D eigenvalue weighted by atomic mass is 10.1. The lowest BCUT2D eigenvalue weighted by Crippen LogP contribution is -2.36. The third kappa shape index (κ3) is 5.01. The molecule has 0 spiro atoms. The molecule has 3 rings (SSSR count). The van der Waals surface area contributed by atoms with Gasteiger partial charge in [0.1, 0.15) is 11.9 Å². The molecule has 0 saturated carbocycles. The van der Waals surface area contributed by atoms with Crippen LogP contribution in [0, 0.1) is 0 Å². The first kappa shape index (κ1) is 19.2. The van der Waals surface area contributed by atoms with Gasteiger partial charge in [0.15, 0.2) is 0 Å². The van der Waals surface area contributed by atoms with Crippen LogP contribution in [0.15, 0.2) is 48.5 Å². The van der Waals surface area contributed by atoms with E-state index in [2.05, 4.69) is 10.2 Å². The fraction of sp³-hybridized carbons (Fsp3) is 0.350. The van der Waals surface area contributed by atoms with E-state index in [4.69, 9.17) is 4.74 Å². The van der Waals surface area contributed by atoms with Crippen molar-refractivity contribution in [3.05, 3.63) is 59.7 Å². The number of piperidine rings is 1. The molecule has 1 aliphatic rings. The number of amides is 1. The lowest BCUT2D eigenvalue weighted by molar-refractivity contribution is -0.139. The van der Waals surface area contributed by atoms with Gasteiger partial charge in [-0.1, -0.05) is 18.2 Å². The van der Waals surface area contributed by atoms with Crippen LogP contribution in [0.5, 0.6) is 5.75 Å². The van der Waals surface area contributed by atoms with Crippen LogP contribution in [0.1, 0.15) is 28.8 Å². The Balaban J connectivity index is 1.80. The molecule has 1 heterocycles. The number of nitrogens with zero attached hydrogens (tertiary/aromatic N) is 1. The van der Waals surface area contributed by atoms with Gasteiger partial charge in [-0.25, -0.2) is 0 Å². The molecule has 2 aromatic rings. The normalized spacial score (nSPS) is 16.1. The van der Waals surface area contributed by atoms with Crippen molar-refractivity contribution in [3.63, 3.8) is 0 Å². The van der Waals surface area contributed by atoms with E-state index >= 15 is 0 Å².